The predicted octanol–water partition coefficient (Wildman–Crippen LogP) is 2.99. The van der Waals surface area contributed by atoms with Gasteiger partial charge in [-0.1, -0.05) is 28.1 Å². The summed E-state index contributed by atoms with van der Waals surface area (Å²) in [5.41, 5.74) is 0.988. The first kappa shape index (κ1) is 10.6. The minimum absolute atomic E-state index is 0.434. The molecule has 0 saturated heterocycles. The molecule has 2 aromatic carbocycles. The van der Waals surface area contributed by atoms with E-state index in [0.29, 0.717) is 12.2 Å². The van der Waals surface area contributed by atoms with Crippen LogP contribution >= 0.6 is 15.9 Å². The van der Waals surface area contributed by atoms with E-state index < -0.39 is 12.1 Å². The minimum Gasteiger partial charge on any atom is -0.478 e. The van der Waals surface area contributed by atoms with E-state index in [1.54, 1.807) is 0 Å². The zero-order chi connectivity index (χ0) is 12.0. The summed E-state index contributed by atoms with van der Waals surface area (Å²) in [6.45, 7) is 0. The van der Waals surface area contributed by atoms with E-state index >= 15 is 0 Å². The van der Waals surface area contributed by atoms with Crippen LogP contribution in [-0.4, -0.2) is 17.2 Å². The minimum atomic E-state index is -0.911. The van der Waals surface area contributed by atoms with Gasteiger partial charge in [0.2, 0.25) is 0 Å². The van der Waals surface area contributed by atoms with Crippen LogP contribution in [-0.2, 0) is 11.2 Å². The average Bonchev–Trinajstić information content (AvgIpc) is 2.72. The topological polar surface area (TPSA) is 46.5 Å². The van der Waals surface area contributed by atoms with Crippen molar-refractivity contribution in [3.8, 4) is 5.75 Å². The Kier molecular flexibility index (Phi) is 2.33. The van der Waals surface area contributed by atoms with Gasteiger partial charge in [-0.15, -0.1) is 0 Å². The molecule has 1 aliphatic heterocycles. The molecule has 0 aromatic heterocycles. The van der Waals surface area contributed by atoms with Gasteiger partial charge in [0.05, 0.1) is 0 Å². The molecule has 1 unspecified atom stereocenters. The van der Waals surface area contributed by atoms with Gasteiger partial charge in [-0.2, -0.15) is 0 Å². The monoisotopic (exact) mass is 292 g/mol. The van der Waals surface area contributed by atoms with Crippen molar-refractivity contribution >= 4 is 32.7 Å². The Hall–Kier alpha value is -1.55. The number of carboxylic acid groups (broad SMARTS) is 1. The van der Waals surface area contributed by atoms with Gasteiger partial charge >= 0.3 is 5.97 Å². The van der Waals surface area contributed by atoms with Crippen LogP contribution in [0.15, 0.2) is 34.8 Å². The van der Waals surface area contributed by atoms with E-state index in [0.717, 1.165) is 20.8 Å². The smallest absolute Gasteiger partial charge is 0.345 e. The van der Waals surface area contributed by atoms with Gasteiger partial charge in [-0.25, -0.2) is 4.79 Å². The Morgan fingerprint density at radius 3 is 2.94 bits per heavy atom. The number of carbonyl (C=O) groups is 1. The number of aliphatic carboxylic acids is 1. The van der Waals surface area contributed by atoms with Gasteiger partial charge in [0, 0.05) is 16.5 Å². The maximum Gasteiger partial charge on any atom is 0.345 e. The largest absolute Gasteiger partial charge is 0.478 e. The Balaban J connectivity index is 2.17. The van der Waals surface area contributed by atoms with Crippen LogP contribution in [0.3, 0.4) is 0 Å². The molecule has 1 N–H and O–H groups in total. The summed E-state index contributed by atoms with van der Waals surface area (Å²) < 4.78 is 6.41. The summed E-state index contributed by atoms with van der Waals surface area (Å²) in [6, 6.07) is 9.75. The van der Waals surface area contributed by atoms with Crippen LogP contribution in [0.2, 0.25) is 0 Å². The summed E-state index contributed by atoms with van der Waals surface area (Å²) in [4.78, 5) is 10.9. The second kappa shape index (κ2) is 3.74. The highest BCUT2D eigenvalue weighted by molar-refractivity contribution is 9.10. The molecule has 0 radical (unpaired) electrons. The molecule has 3 rings (SSSR count). The lowest BCUT2D eigenvalue weighted by atomic mass is 10.0. The zero-order valence-corrected chi connectivity index (χ0v) is 10.4. The summed E-state index contributed by atoms with van der Waals surface area (Å²) in [5, 5.41) is 11.1. The second-order valence-corrected chi connectivity index (χ2v) is 4.97. The molecule has 0 bridgehead atoms. The van der Waals surface area contributed by atoms with Crippen molar-refractivity contribution in [3.63, 3.8) is 0 Å². The number of rotatable bonds is 1. The van der Waals surface area contributed by atoms with Crippen molar-refractivity contribution in [3.05, 3.63) is 40.4 Å². The van der Waals surface area contributed by atoms with Crippen LogP contribution in [0, 0.1) is 0 Å². The lowest BCUT2D eigenvalue weighted by Crippen LogP contribution is -2.24. The van der Waals surface area contributed by atoms with E-state index in [2.05, 4.69) is 15.9 Å². The molecular formula is C13H9BrO3. The third-order valence-corrected chi connectivity index (χ3v) is 3.48. The fraction of sp³-hybridized carbons (Fsp3) is 0.154. The molecule has 0 aliphatic carbocycles. The molecule has 0 amide bonds. The highest BCUT2D eigenvalue weighted by Gasteiger charge is 2.29. The predicted molar refractivity (Wildman–Crippen MR) is 67.4 cm³/mol. The van der Waals surface area contributed by atoms with Crippen LogP contribution in [0.5, 0.6) is 5.75 Å². The SMILES string of the molecule is O=C(O)C1Cc2c(ccc3cc(Br)ccc23)O1. The summed E-state index contributed by atoms with van der Waals surface area (Å²) in [6.07, 6.45) is -0.317. The number of ether oxygens (including phenoxy) is 1. The average molecular weight is 293 g/mol. The van der Waals surface area contributed by atoms with E-state index in [9.17, 15) is 4.79 Å². The first-order valence-electron chi connectivity index (χ1n) is 5.26. The first-order chi connectivity index (χ1) is 8.15. The number of hydrogen-bond acceptors (Lipinski definition) is 2. The number of halogens is 1. The highest BCUT2D eigenvalue weighted by atomic mass is 79.9. The molecule has 2 aromatic rings. The van der Waals surface area contributed by atoms with Crippen molar-refractivity contribution < 1.29 is 14.6 Å². The van der Waals surface area contributed by atoms with E-state index in [1.807, 2.05) is 30.3 Å². The Labute approximate surface area is 106 Å². The lowest BCUT2D eigenvalue weighted by Gasteiger charge is -2.04. The van der Waals surface area contributed by atoms with E-state index in [1.165, 1.54) is 0 Å². The van der Waals surface area contributed by atoms with Gasteiger partial charge < -0.3 is 9.84 Å². The van der Waals surface area contributed by atoms with Crippen LogP contribution in [0.4, 0.5) is 0 Å². The molecule has 0 spiro atoms. The van der Waals surface area contributed by atoms with E-state index in [4.69, 9.17) is 9.84 Å². The van der Waals surface area contributed by atoms with Crippen molar-refractivity contribution in [1.82, 2.24) is 0 Å². The number of benzene rings is 2. The molecule has 1 heterocycles. The fourth-order valence-corrected chi connectivity index (χ4v) is 2.56. The molecular weight excluding hydrogens is 284 g/mol. The van der Waals surface area contributed by atoms with E-state index in [-0.39, 0.29) is 0 Å². The van der Waals surface area contributed by atoms with Gasteiger partial charge in [0.1, 0.15) is 5.75 Å². The van der Waals surface area contributed by atoms with Crippen molar-refractivity contribution in [2.24, 2.45) is 0 Å². The Morgan fingerprint density at radius 2 is 2.18 bits per heavy atom. The second-order valence-electron chi connectivity index (χ2n) is 4.06. The standard InChI is InChI=1S/C13H9BrO3/c14-8-2-3-9-7(5-8)1-4-11-10(9)6-12(17-11)13(15)16/h1-5,12H,6H2,(H,15,16). The lowest BCUT2D eigenvalue weighted by molar-refractivity contribution is -0.144. The van der Waals surface area contributed by atoms with Gasteiger partial charge in [0.15, 0.2) is 6.10 Å². The summed E-state index contributed by atoms with van der Waals surface area (Å²) >= 11 is 3.42. The number of carboxylic acids is 1. The normalized spacial score (nSPS) is 17.8. The molecule has 3 nitrogen and oxygen atoms in total. The van der Waals surface area contributed by atoms with Crippen molar-refractivity contribution in [1.29, 1.82) is 0 Å². The molecule has 86 valence electrons. The fourth-order valence-electron chi connectivity index (χ4n) is 2.18. The third kappa shape index (κ3) is 1.69. The maximum absolute atomic E-state index is 10.9. The molecule has 17 heavy (non-hydrogen) atoms. The summed E-state index contributed by atoms with van der Waals surface area (Å²) in [5.74, 6) is -0.223. The number of fused-ring (bicyclic) bond motifs is 3. The Bertz CT molecular complexity index is 621. The van der Waals surface area contributed by atoms with Crippen molar-refractivity contribution in [2.75, 3.05) is 0 Å². The van der Waals surface area contributed by atoms with Crippen LogP contribution in [0.25, 0.3) is 10.8 Å². The van der Waals surface area contributed by atoms with Gasteiger partial charge in [-0.05, 0) is 29.0 Å². The Morgan fingerprint density at radius 1 is 1.35 bits per heavy atom. The quantitative estimate of drug-likeness (QED) is 0.879. The molecule has 0 saturated carbocycles. The zero-order valence-electron chi connectivity index (χ0n) is 8.81. The molecule has 4 heteroatoms. The summed E-state index contributed by atoms with van der Waals surface area (Å²) in [7, 11) is 0. The van der Waals surface area contributed by atoms with Crippen LogP contribution in [0.1, 0.15) is 5.56 Å². The van der Waals surface area contributed by atoms with Gasteiger partial charge in [-0.3, -0.25) is 0 Å². The molecule has 1 atom stereocenters. The highest BCUT2D eigenvalue weighted by Crippen LogP contribution is 2.35. The number of hydrogen-bond donors (Lipinski definition) is 1. The van der Waals surface area contributed by atoms with Crippen molar-refractivity contribution in [2.45, 2.75) is 12.5 Å². The molecule has 1 aliphatic rings. The maximum atomic E-state index is 10.9. The first-order valence-corrected chi connectivity index (χ1v) is 6.05. The third-order valence-electron chi connectivity index (χ3n) is 2.98. The van der Waals surface area contributed by atoms with Crippen LogP contribution < -0.4 is 4.74 Å². The molecule has 0 fully saturated rings. The van der Waals surface area contributed by atoms with Gasteiger partial charge in [0.25, 0.3) is 0 Å².